The van der Waals surface area contributed by atoms with Crippen molar-refractivity contribution in [2.45, 2.75) is 77.0 Å². The molecular weight excluding hydrogens is 413 g/mol. The lowest BCUT2D eigenvalue weighted by molar-refractivity contribution is -0.106. The Morgan fingerprint density at radius 2 is 1.83 bits per heavy atom. The van der Waals surface area contributed by atoms with Crippen molar-refractivity contribution in [2.24, 2.45) is 28.2 Å². The summed E-state index contributed by atoms with van der Waals surface area (Å²) in [6.45, 7) is 5.58. The van der Waals surface area contributed by atoms with Gasteiger partial charge in [-0.25, -0.2) is 0 Å². The van der Waals surface area contributed by atoms with Gasteiger partial charge in [0.2, 0.25) is 0 Å². The minimum atomic E-state index is 0. The third kappa shape index (κ3) is 3.19. The van der Waals surface area contributed by atoms with Gasteiger partial charge in [0.15, 0.2) is 5.96 Å². The quantitative estimate of drug-likeness (QED) is 0.387. The van der Waals surface area contributed by atoms with E-state index in [1.165, 1.54) is 44.9 Å². The van der Waals surface area contributed by atoms with E-state index in [1.54, 1.807) is 0 Å². The van der Waals surface area contributed by atoms with Crippen LogP contribution in [0.3, 0.4) is 0 Å². The van der Waals surface area contributed by atoms with Crippen molar-refractivity contribution in [1.29, 1.82) is 0 Å². The molecule has 2 N–H and O–H groups in total. The summed E-state index contributed by atoms with van der Waals surface area (Å²) < 4.78 is 5.91. The smallest absolute Gasteiger partial charge is 0.191 e. The molecule has 24 heavy (non-hydrogen) atoms. The first-order valence-corrected chi connectivity index (χ1v) is 9.71. The zero-order valence-corrected chi connectivity index (χ0v) is 17.7. The number of hydrogen-bond acceptors (Lipinski definition) is 2. The zero-order valence-electron chi connectivity index (χ0n) is 15.4. The molecule has 3 aliphatic carbocycles. The molecule has 0 aromatic carbocycles. The number of nitrogens with zero attached hydrogens (tertiary/aromatic N) is 1. The zero-order chi connectivity index (χ0) is 16.0. The van der Waals surface area contributed by atoms with Crippen LogP contribution in [0.2, 0.25) is 0 Å². The van der Waals surface area contributed by atoms with E-state index in [-0.39, 0.29) is 29.4 Å². The average Bonchev–Trinajstić information content (AvgIpc) is 3.18. The first-order chi connectivity index (χ1) is 11.1. The van der Waals surface area contributed by atoms with Crippen LogP contribution in [0.1, 0.15) is 58.8 Å². The van der Waals surface area contributed by atoms with E-state index in [0.717, 1.165) is 24.4 Å². The SMILES string of the molecule is CN=C(NC1CCC2CCCC2C1)NC1C2CCOC2C1(C)C.I. The van der Waals surface area contributed by atoms with E-state index >= 15 is 0 Å². The number of aliphatic imine (C=N–C) groups is 1. The fourth-order valence-corrected chi connectivity index (χ4v) is 5.96. The fraction of sp³-hybridized carbons (Fsp3) is 0.947. The van der Waals surface area contributed by atoms with Gasteiger partial charge in [-0.15, -0.1) is 24.0 Å². The molecule has 4 fully saturated rings. The average molecular weight is 447 g/mol. The summed E-state index contributed by atoms with van der Waals surface area (Å²) in [6.07, 6.45) is 10.1. The molecule has 4 nitrogen and oxygen atoms in total. The van der Waals surface area contributed by atoms with E-state index < -0.39 is 0 Å². The third-order valence-electron chi connectivity index (χ3n) is 7.25. The predicted octanol–water partition coefficient (Wildman–Crippen LogP) is 3.55. The van der Waals surface area contributed by atoms with E-state index in [1.807, 2.05) is 7.05 Å². The standard InChI is InChI=1S/C19H33N3O.HI/c1-19(2)16(15-9-10-23-17(15)19)22-18(20-3)21-14-8-7-12-5-4-6-13(12)11-14;/h12-17H,4-11H2,1-3H3,(H2,20,21,22);1H. The summed E-state index contributed by atoms with van der Waals surface area (Å²) in [6, 6.07) is 1.10. The molecule has 3 saturated carbocycles. The lowest BCUT2D eigenvalue weighted by atomic mass is 9.57. The molecule has 6 atom stereocenters. The third-order valence-corrected chi connectivity index (χ3v) is 7.25. The Balaban J connectivity index is 0.00000169. The van der Waals surface area contributed by atoms with Gasteiger partial charge in [0.25, 0.3) is 0 Å². The van der Waals surface area contributed by atoms with Crippen molar-refractivity contribution in [1.82, 2.24) is 10.6 Å². The molecular formula is C19H34IN3O. The highest BCUT2D eigenvalue weighted by Gasteiger charge is 2.59. The van der Waals surface area contributed by atoms with Gasteiger partial charge in [-0.05, 0) is 37.5 Å². The molecule has 0 aromatic rings. The first kappa shape index (κ1) is 18.7. The summed E-state index contributed by atoms with van der Waals surface area (Å²) in [5.41, 5.74) is 0.210. The summed E-state index contributed by atoms with van der Waals surface area (Å²) in [5.74, 6) is 3.65. The van der Waals surface area contributed by atoms with Crippen LogP contribution in [0.25, 0.3) is 0 Å². The van der Waals surface area contributed by atoms with Crippen molar-refractivity contribution in [3.05, 3.63) is 0 Å². The van der Waals surface area contributed by atoms with Crippen LogP contribution < -0.4 is 10.6 Å². The molecule has 6 unspecified atom stereocenters. The van der Waals surface area contributed by atoms with Crippen LogP contribution in [0.5, 0.6) is 0 Å². The summed E-state index contributed by atoms with van der Waals surface area (Å²) in [4.78, 5) is 4.52. The maximum Gasteiger partial charge on any atom is 0.191 e. The number of rotatable bonds is 2. The second-order valence-corrected chi connectivity index (χ2v) is 8.86. The van der Waals surface area contributed by atoms with Gasteiger partial charge in [-0.2, -0.15) is 0 Å². The second kappa shape index (κ2) is 7.29. The van der Waals surface area contributed by atoms with Crippen molar-refractivity contribution in [2.75, 3.05) is 13.7 Å². The van der Waals surface area contributed by atoms with Crippen LogP contribution in [-0.2, 0) is 4.74 Å². The summed E-state index contributed by atoms with van der Waals surface area (Å²) in [7, 11) is 1.91. The molecule has 1 saturated heterocycles. The lowest BCUT2D eigenvalue weighted by Crippen LogP contribution is -2.68. The van der Waals surface area contributed by atoms with Gasteiger partial charge in [0, 0.05) is 37.1 Å². The highest BCUT2D eigenvalue weighted by molar-refractivity contribution is 14.0. The van der Waals surface area contributed by atoms with Crippen LogP contribution in [0.15, 0.2) is 4.99 Å². The monoisotopic (exact) mass is 447 g/mol. The normalized spacial score (nSPS) is 43.2. The molecule has 4 rings (SSSR count). The van der Waals surface area contributed by atoms with Crippen LogP contribution in [-0.4, -0.2) is 37.8 Å². The predicted molar refractivity (Wildman–Crippen MR) is 109 cm³/mol. The molecule has 1 aliphatic heterocycles. The Kier molecular flexibility index (Phi) is 5.70. The Morgan fingerprint density at radius 1 is 1.04 bits per heavy atom. The maximum atomic E-state index is 5.91. The van der Waals surface area contributed by atoms with Gasteiger partial charge in [-0.3, -0.25) is 4.99 Å². The number of nitrogens with one attached hydrogen (secondary N) is 2. The van der Waals surface area contributed by atoms with Crippen LogP contribution in [0.4, 0.5) is 0 Å². The molecule has 1 heterocycles. The van der Waals surface area contributed by atoms with Gasteiger partial charge in [-0.1, -0.05) is 33.1 Å². The van der Waals surface area contributed by atoms with E-state index in [4.69, 9.17) is 4.74 Å². The van der Waals surface area contributed by atoms with Gasteiger partial charge in [0.05, 0.1) is 6.10 Å². The van der Waals surface area contributed by atoms with Crippen molar-refractivity contribution < 1.29 is 4.74 Å². The van der Waals surface area contributed by atoms with Crippen LogP contribution >= 0.6 is 24.0 Å². The number of hydrogen-bond donors (Lipinski definition) is 2. The van der Waals surface area contributed by atoms with E-state index in [0.29, 0.717) is 24.1 Å². The van der Waals surface area contributed by atoms with Gasteiger partial charge in [0.1, 0.15) is 0 Å². The van der Waals surface area contributed by atoms with E-state index in [9.17, 15) is 0 Å². The summed E-state index contributed by atoms with van der Waals surface area (Å²) in [5, 5.41) is 7.46. The molecule has 0 bridgehead atoms. The fourth-order valence-electron chi connectivity index (χ4n) is 5.96. The maximum absolute atomic E-state index is 5.91. The highest BCUT2D eigenvalue weighted by Crippen LogP contribution is 2.52. The molecule has 0 aromatic heterocycles. The minimum absolute atomic E-state index is 0. The van der Waals surface area contributed by atoms with Gasteiger partial charge < -0.3 is 15.4 Å². The molecule has 0 radical (unpaired) electrons. The van der Waals surface area contributed by atoms with Crippen molar-refractivity contribution >= 4 is 29.9 Å². The summed E-state index contributed by atoms with van der Waals surface area (Å²) >= 11 is 0. The first-order valence-electron chi connectivity index (χ1n) is 9.71. The highest BCUT2D eigenvalue weighted by atomic mass is 127. The molecule has 0 spiro atoms. The number of guanidine groups is 1. The largest absolute Gasteiger partial charge is 0.377 e. The molecule has 138 valence electrons. The Labute approximate surface area is 164 Å². The number of halogens is 1. The van der Waals surface area contributed by atoms with Crippen LogP contribution in [0, 0.1) is 23.2 Å². The van der Waals surface area contributed by atoms with Crippen molar-refractivity contribution in [3.8, 4) is 0 Å². The number of ether oxygens (including phenoxy) is 1. The lowest BCUT2D eigenvalue weighted by Gasteiger charge is -2.55. The molecule has 0 amide bonds. The van der Waals surface area contributed by atoms with E-state index in [2.05, 4.69) is 29.5 Å². The minimum Gasteiger partial charge on any atom is -0.377 e. The topological polar surface area (TPSA) is 45.7 Å². The second-order valence-electron chi connectivity index (χ2n) is 8.86. The van der Waals surface area contributed by atoms with Gasteiger partial charge >= 0.3 is 0 Å². The van der Waals surface area contributed by atoms with Crippen molar-refractivity contribution in [3.63, 3.8) is 0 Å². The molecule has 5 heteroatoms. The number of fused-ring (bicyclic) bond motifs is 2. The Bertz CT molecular complexity index is 481. The Morgan fingerprint density at radius 3 is 2.62 bits per heavy atom. The Hall–Kier alpha value is -0.0400. The molecule has 4 aliphatic rings.